The van der Waals surface area contributed by atoms with Crippen LogP contribution in [0.3, 0.4) is 0 Å². The molecule has 0 radical (unpaired) electrons. The van der Waals surface area contributed by atoms with Gasteiger partial charge >= 0.3 is 0 Å². The number of rotatable bonds is 2. The zero-order chi connectivity index (χ0) is 10.7. The largest absolute Gasteiger partial charge is 0.394 e. The molecule has 1 saturated heterocycles. The SMILES string of the molecule is CC(C)(C)CC1(CO)COCCCN1. The normalized spacial score (nSPS) is 30.0. The van der Waals surface area contributed by atoms with E-state index in [9.17, 15) is 5.11 Å². The highest BCUT2D eigenvalue weighted by Crippen LogP contribution is 2.28. The van der Waals surface area contributed by atoms with Crippen LogP contribution in [-0.2, 0) is 4.74 Å². The van der Waals surface area contributed by atoms with Crippen LogP contribution in [0.25, 0.3) is 0 Å². The summed E-state index contributed by atoms with van der Waals surface area (Å²) in [5.41, 5.74) is -0.0157. The fourth-order valence-electron chi connectivity index (χ4n) is 2.13. The van der Waals surface area contributed by atoms with E-state index in [2.05, 4.69) is 26.1 Å². The molecular weight excluding hydrogens is 178 g/mol. The predicted molar refractivity (Wildman–Crippen MR) is 57.3 cm³/mol. The van der Waals surface area contributed by atoms with Crippen molar-refractivity contribution in [1.82, 2.24) is 5.32 Å². The van der Waals surface area contributed by atoms with Gasteiger partial charge in [-0.05, 0) is 24.8 Å². The third-order valence-electron chi connectivity index (χ3n) is 2.52. The molecule has 3 heteroatoms. The van der Waals surface area contributed by atoms with Gasteiger partial charge in [0.1, 0.15) is 0 Å². The number of hydrogen-bond acceptors (Lipinski definition) is 3. The summed E-state index contributed by atoms with van der Waals surface area (Å²) in [5.74, 6) is 0. The minimum Gasteiger partial charge on any atom is -0.394 e. The monoisotopic (exact) mass is 201 g/mol. The highest BCUT2D eigenvalue weighted by atomic mass is 16.5. The molecule has 3 nitrogen and oxygen atoms in total. The van der Waals surface area contributed by atoms with E-state index in [4.69, 9.17) is 4.74 Å². The first-order valence-corrected chi connectivity index (χ1v) is 5.41. The Morgan fingerprint density at radius 1 is 1.43 bits per heavy atom. The summed E-state index contributed by atoms with van der Waals surface area (Å²) in [6.45, 7) is 9.10. The van der Waals surface area contributed by atoms with E-state index < -0.39 is 0 Å². The molecule has 0 spiro atoms. The number of aliphatic hydroxyl groups is 1. The van der Waals surface area contributed by atoms with Crippen molar-refractivity contribution in [3.63, 3.8) is 0 Å². The van der Waals surface area contributed by atoms with Crippen molar-refractivity contribution in [3.05, 3.63) is 0 Å². The first-order chi connectivity index (χ1) is 6.47. The Morgan fingerprint density at radius 2 is 2.14 bits per heavy atom. The lowest BCUT2D eigenvalue weighted by molar-refractivity contribution is 0.0337. The quantitative estimate of drug-likeness (QED) is 0.704. The van der Waals surface area contributed by atoms with E-state index >= 15 is 0 Å². The molecule has 0 aromatic rings. The first-order valence-electron chi connectivity index (χ1n) is 5.41. The van der Waals surface area contributed by atoms with Crippen molar-refractivity contribution in [2.24, 2.45) is 5.41 Å². The summed E-state index contributed by atoms with van der Waals surface area (Å²) >= 11 is 0. The van der Waals surface area contributed by atoms with Crippen LogP contribution in [0.1, 0.15) is 33.6 Å². The fraction of sp³-hybridized carbons (Fsp3) is 1.00. The van der Waals surface area contributed by atoms with E-state index in [1.165, 1.54) is 0 Å². The molecular formula is C11H23NO2. The van der Waals surface area contributed by atoms with Crippen LogP contribution >= 0.6 is 0 Å². The van der Waals surface area contributed by atoms with Gasteiger partial charge in [-0.1, -0.05) is 20.8 Å². The molecule has 1 aliphatic heterocycles. The lowest BCUT2D eigenvalue weighted by Gasteiger charge is -2.36. The van der Waals surface area contributed by atoms with Crippen molar-refractivity contribution in [3.8, 4) is 0 Å². The van der Waals surface area contributed by atoms with Crippen LogP contribution in [0.5, 0.6) is 0 Å². The summed E-state index contributed by atoms with van der Waals surface area (Å²) in [4.78, 5) is 0. The third kappa shape index (κ3) is 3.56. The van der Waals surface area contributed by atoms with Crippen LogP contribution in [0.15, 0.2) is 0 Å². The van der Waals surface area contributed by atoms with Gasteiger partial charge in [-0.3, -0.25) is 0 Å². The van der Waals surface area contributed by atoms with E-state index in [0.29, 0.717) is 6.61 Å². The maximum atomic E-state index is 9.49. The van der Waals surface area contributed by atoms with Crippen molar-refractivity contribution < 1.29 is 9.84 Å². The minimum atomic E-state index is -0.227. The Hall–Kier alpha value is -0.120. The van der Waals surface area contributed by atoms with E-state index in [-0.39, 0.29) is 17.6 Å². The van der Waals surface area contributed by atoms with Gasteiger partial charge in [0.25, 0.3) is 0 Å². The summed E-state index contributed by atoms with van der Waals surface area (Å²) in [7, 11) is 0. The summed E-state index contributed by atoms with van der Waals surface area (Å²) in [5, 5.41) is 12.9. The highest BCUT2D eigenvalue weighted by Gasteiger charge is 2.34. The number of hydrogen-bond donors (Lipinski definition) is 2. The average molecular weight is 201 g/mol. The lowest BCUT2D eigenvalue weighted by atomic mass is 9.80. The molecule has 14 heavy (non-hydrogen) atoms. The molecule has 84 valence electrons. The number of ether oxygens (including phenoxy) is 1. The maximum Gasteiger partial charge on any atom is 0.0671 e. The second-order valence-corrected chi connectivity index (χ2v) is 5.51. The first kappa shape index (κ1) is 12.0. The second-order valence-electron chi connectivity index (χ2n) is 5.51. The van der Waals surface area contributed by atoms with E-state index in [1.807, 2.05) is 0 Å². The molecule has 0 saturated carbocycles. The molecule has 1 atom stereocenters. The zero-order valence-corrected chi connectivity index (χ0v) is 9.60. The Bertz CT molecular complexity index is 167. The predicted octanol–water partition coefficient (Wildman–Crippen LogP) is 1.16. The molecule has 0 aromatic heterocycles. The summed E-state index contributed by atoms with van der Waals surface area (Å²) in [6, 6.07) is 0. The zero-order valence-electron chi connectivity index (χ0n) is 9.60. The summed E-state index contributed by atoms with van der Waals surface area (Å²) in [6.07, 6.45) is 1.97. The Kier molecular flexibility index (Phi) is 3.93. The molecule has 0 bridgehead atoms. The molecule has 0 amide bonds. The third-order valence-corrected chi connectivity index (χ3v) is 2.52. The van der Waals surface area contributed by atoms with Gasteiger partial charge in [-0.25, -0.2) is 0 Å². The Balaban J connectivity index is 2.63. The molecule has 0 aromatic carbocycles. The molecule has 1 unspecified atom stereocenters. The highest BCUT2D eigenvalue weighted by molar-refractivity contribution is 4.92. The van der Waals surface area contributed by atoms with Crippen molar-refractivity contribution in [2.45, 2.75) is 39.2 Å². The molecule has 1 aliphatic rings. The Morgan fingerprint density at radius 3 is 2.71 bits per heavy atom. The lowest BCUT2D eigenvalue weighted by Crippen LogP contribution is -2.53. The van der Waals surface area contributed by atoms with Crippen LogP contribution in [-0.4, -0.2) is 37.0 Å². The van der Waals surface area contributed by atoms with Crippen molar-refractivity contribution in [2.75, 3.05) is 26.4 Å². The van der Waals surface area contributed by atoms with Gasteiger partial charge in [0.15, 0.2) is 0 Å². The van der Waals surface area contributed by atoms with Crippen LogP contribution < -0.4 is 5.32 Å². The van der Waals surface area contributed by atoms with Gasteiger partial charge in [0, 0.05) is 6.61 Å². The van der Waals surface area contributed by atoms with Gasteiger partial charge in [-0.2, -0.15) is 0 Å². The van der Waals surface area contributed by atoms with Crippen molar-refractivity contribution >= 4 is 0 Å². The molecule has 1 heterocycles. The average Bonchev–Trinajstić information content (AvgIpc) is 2.28. The molecule has 0 aliphatic carbocycles. The summed E-state index contributed by atoms with van der Waals surface area (Å²) < 4.78 is 5.52. The topological polar surface area (TPSA) is 41.5 Å². The van der Waals surface area contributed by atoms with Crippen LogP contribution in [0.2, 0.25) is 0 Å². The standard InChI is InChI=1S/C11H23NO2/c1-10(2,3)7-11(8-13)9-14-6-4-5-12-11/h12-13H,4-9H2,1-3H3. The number of aliphatic hydroxyl groups excluding tert-OH is 1. The van der Waals surface area contributed by atoms with E-state index in [1.54, 1.807) is 0 Å². The van der Waals surface area contributed by atoms with Crippen molar-refractivity contribution in [1.29, 1.82) is 0 Å². The minimum absolute atomic E-state index is 0.157. The van der Waals surface area contributed by atoms with Gasteiger partial charge in [0.2, 0.25) is 0 Å². The molecule has 2 N–H and O–H groups in total. The van der Waals surface area contributed by atoms with Crippen LogP contribution in [0, 0.1) is 5.41 Å². The fourth-order valence-corrected chi connectivity index (χ4v) is 2.13. The maximum absolute atomic E-state index is 9.49. The second kappa shape index (κ2) is 4.60. The molecule has 1 rings (SSSR count). The van der Waals surface area contributed by atoms with Gasteiger partial charge < -0.3 is 15.2 Å². The Labute approximate surface area is 86.8 Å². The molecule has 1 fully saturated rings. The van der Waals surface area contributed by atoms with Gasteiger partial charge in [-0.15, -0.1) is 0 Å². The smallest absolute Gasteiger partial charge is 0.0671 e. The van der Waals surface area contributed by atoms with E-state index in [0.717, 1.165) is 26.0 Å². The number of nitrogens with one attached hydrogen (secondary N) is 1. The van der Waals surface area contributed by atoms with Gasteiger partial charge in [0.05, 0.1) is 18.8 Å². The van der Waals surface area contributed by atoms with Crippen LogP contribution in [0.4, 0.5) is 0 Å².